The smallest absolute Gasteiger partial charge is 0.343 e. The molecule has 0 amide bonds. The highest BCUT2D eigenvalue weighted by Gasteiger charge is 2.32. The van der Waals surface area contributed by atoms with Crippen LogP contribution in [0.1, 0.15) is 479 Å². The van der Waals surface area contributed by atoms with Crippen LogP contribution in [-0.2, 0) is 0 Å². The third-order valence-electron chi connectivity index (χ3n) is 22.4. The molecule has 112 heavy (non-hydrogen) atoms. The summed E-state index contributed by atoms with van der Waals surface area (Å²) >= 11 is 0. The fourth-order valence-corrected chi connectivity index (χ4v) is 15.3. The number of carbonyl (C=O) groups excluding carboxylic acids is 4. The number of rotatable bonds is 76. The predicted molar refractivity (Wildman–Crippen MR) is 467 cm³/mol. The summed E-state index contributed by atoms with van der Waals surface area (Å²) in [6, 6.07) is 15.9. The van der Waals surface area contributed by atoms with Gasteiger partial charge in [-0.3, -0.25) is 9.59 Å². The largest absolute Gasteiger partial charge is 0.490 e. The van der Waals surface area contributed by atoms with Crippen LogP contribution >= 0.6 is 0 Å². The van der Waals surface area contributed by atoms with E-state index < -0.39 is 23.5 Å². The van der Waals surface area contributed by atoms with Gasteiger partial charge >= 0.3 is 11.9 Å². The van der Waals surface area contributed by atoms with Gasteiger partial charge in [0.15, 0.2) is 34.6 Å². The van der Waals surface area contributed by atoms with E-state index in [0.717, 1.165) is 103 Å². The molecule has 12 nitrogen and oxygen atoms in total. The number of hydrogen-bond acceptors (Lipinski definition) is 12. The Labute approximate surface area is 683 Å². The van der Waals surface area contributed by atoms with E-state index in [4.69, 9.17) is 37.9 Å². The summed E-state index contributed by atoms with van der Waals surface area (Å²) in [6.45, 7) is 16.4. The zero-order valence-electron chi connectivity index (χ0n) is 72.3. The van der Waals surface area contributed by atoms with E-state index in [1.807, 2.05) is 0 Å². The van der Waals surface area contributed by atoms with Crippen molar-refractivity contribution in [1.29, 1.82) is 0 Å². The van der Waals surface area contributed by atoms with Gasteiger partial charge in [0, 0.05) is 22.3 Å². The van der Waals surface area contributed by atoms with Crippen LogP contribution in [0.25, 0.3) is 0 Å². The Kier molecular flexibility index (Phi) is 56.2. The molecule has 0 spiro atoms. The molecule has 5 rings (SSSR count). The third kappa shape index (κ3) is 42.0. The Morgan fingerprint density at radius 2 is 0.393 bits per heavy atom. The minimum Gasteiger partial charge on any atom is -0.490 e. The molecular formula is C100H160O12. The fraction of sp³-hybridized carbons (Fsp3) is 0.720. The molecule has 0 N–H and O–H groups in total. The van der Waals surface area contributed by atoms with E-state index in [1.165, 1.54) is 307 Å². The molecule has 1 aliphatic rings. The summed E-state index contributed by atoms with van der Waals surface area (Å²) < 4.78 is 52.1. The fourth-order valence-electron chi connectivity index (χ4n) is 15.3. The molecule has 4 aromatic carbocycles. The molecule has 0 heterocycles. The molecule has 4 aromatic rings. The van der Waals surface area contributed by atoms with Crippen molar-refractivity contribution in [1.82, 2.24) is 0 Å². The molecule has 0 bridgehead atoms. The molecule has 0 saturated carbocycles. The Morgan fingerprint density at radius 1 is 0.214 bits per heavy atom. The maximum absolute atomic E-state index is 14.6. The highest BCUT2D eigenvalue weighted by Crippen LogP contribution is 2.43. The van der Waals surface area contributed by atoms with Crippen molar-refractivity contribution in [3.63, 3.8) is 0 Å². The minimum atomic E-state index is -0.665. The van der Waals surface area contributed by atoms with E-state index in [9.17, 15) is 19.2 Å². The number of unbranched alkanes of at least 4 members (excludes halogenated alkanes) is 54. The maximum atomic E-state index is 14.6. The van der Waals surface area contributed by atoms with Gasteiger partial charge in [-0.2, -0.15) is 0 Å². The standard InChI is InChI=1S/C100H160O12/c1-7-13-19-25-31-37-43-49-55-61-71-105-91-77-83(78-92(106-72-62-56-50-44-38-32-26-20-14-8-2)97(91)109-75-65-59-53-47-41-35-29-23-17-11-5)99(103)111-85-67-69-87-89(81-85)95(101)88-70-68-86(82-90(88)96(87)102)112-100(104)84-79-93(107-73-63-57-51-45-39-33-27-21-15-9-3)98(110-76-66-60-54-48-42-36-30-24-18-12-6)94(80-84)108-74-64-58-52-46-40-34-28-22-16-10-4/h67-70,77-82H,7-66,71-76H2,1-6H3. The maximum Gasteiger partial charge on any atom is 0.343 e. The van der Waals surface area contributed by atoms with Crippen LogP contribution in [0.15, 0.2) is 60.7 Å². The normalized spacial score (nSPS) is 11.8. The number of ketones is 2. The van der Waals surface area contributed by atoms with Gasteiger partial charge in [-0.05, 0) is 99.2 Å². The summed E-state index contributed by atoms with van der Waals surface area (Å²) in [5, 5.41) is 0. The van der Waals surface area contributed by atoms with Crippen molar-refractivity contribution < 1.29 is 57.1 Å². The van der Waals surface area contributed by atoms with Crippen LogP contribution in [-0.4, -0.2) is 63.1 Å². The molecule has 0 unspecified atom stereocenters. The number of ether oxygens (including phenoxy) is 8. The zero-order chi connectivity index (χ0) is 79.8. The van der Waals surface area contributed by atoms with Crippen molar-refractivity contribution in [3.05, 3.63) is 94.0 Å². The number of fused-ring (bicyclic) bond motifs is 2. The zero-order valence-corrected chi connectivity index (χ0v) is 72.3. The van der Waals surface area contributed by atoms with Gasteiger partial charge in [-0.25, -0.2) is 9.59 Å². The van der Waals surface area contributed by atoms with Crippen molar-refractivity contribution >= 4 is 23.5 Å². The first kappa shape index (κ1) is 96.5. The minimum absolute atomic E-state index is 0.106. The predicted octanol–water partition coefficient (Wildman–Crippen LogP) is 30.7. The van der Waals surface area contributed by atoms with E-state index in [1.54, 1.807) is 36.4 Å². The van der Waals surface area contributed by atoms with Gasteiger partial charge < -0.3 is 37.9 Å². The first-order valence-corrected chi connectivity index (χ1v) is 47.1. The molecule has 632 valence electrons. The van der Waals surface area contributed by atoms with Crippen molar-refractivity contribution in [2.75, 3.05) is 39.6 Å². The van der Waals surface area contributed by atoms with Gasteiger partial charge in [0.2, 0.25) is 11.5 Å². The summed E-state index contributed by atoms with van der Waals surface area (Å²) in [4.78, 5) is 58.4. The van der Waals surface area contributed by atoms with Crippen LogP contribution in [0, 0.1) is 0 Å². The van der Waals surface area contributed by atoms with E-state index in [0.29, 0.717) is 74.1 Å². The summed E-state index contributed by atoms with van der Waals surface area (Å²) in [7, 11) is 0. The summed E-state index contributed by atoms with van der Waals surface area (Å²) in [5.74, 6) is 0.856. The number of benzene rings is 4. The molecular weight excluding hydrogens is 1390 g/mol. The monoisotopic (exact) mass is 1550 g/mol. The van der Waals surface area contributed by atoms with Crippen LogP contribution in [0.2, 0.25) is 0 Å². The lowest BCUT2D eigenvalue weighted by Crippen LogP contribution is -2.21. The van der Waals surface area contributed by atoms with Gasteiger partial charge in [0.05, 0.1) is 50.8 Å². The highest BCUT2D eigenvalue weighted by atomic mass is 16.6. The number of carbonyl (C=O) groups is 4. The molecule has 0 fully saturated rings. The van der Waals surface area contributed by atoms with Crippen LogP contribution < -0.4 is 37.9 Å². The first-order chi connectivity index (χ1) is 55.2. The average molecular weight is 1550 g/mol. The summed E-state index contributed by atoms with van der Waals surface area (Å²) in [6.07, 6.45) is 72.4. The topological polar surface area (TPSA) is 142 Å². The Balaban J connectivity index is 1.35. The Morgan fingerprint density at radius 3 is 0.589 bits per heavy atom. The van der Waals surface area contributed by atoms with E-state index in [2.05, 4.69) is 41.5 Å². The van der Waals surface area contributed by atoms with Crippen LogP contribution in [0.5, 0.6) is 46.0 Å². The Bertz CT molecular complexity index is 2780. The van der Waals surface area contributed by atoms with Crippen LogP contribution in [0.4, 0.5) is 0 Å². The van der Waals surface area contributed by atoms with Crippen molar-refractivity contribution in [3.8, 4) is 46.0 Å². The lowest BCUT2D eigenvalue weighted by atomic mass is 9.84. The molecule has 0 aliphatic heterocycles. The van der Waals surface area contributed by atoms with Crippen LogP contribution in [0.3, 0.4) is 0 Å². The van der Waals surface area contributed by atoms with Gasteiger partial charge in [0.25, 0.3) is 0 Å². The van der Waals surface area contributed by atoms with E-state index in [-0.39, 0.29) is 44.9 Å². The first-order valence-electron chi connectivity index (χ1n) is 47.1. The molecule has 1 aliphatic carbocycles. The molecule has 0 aromatic heterocycles. The van der Waals surface area contributed by atoms with Gasteiger partial charge in [-0.15, -0.1) is 0 Å². The quantitative estimate of drug-likeness (QED) is 0.0208. The molecule has 0 saturated heterocycles. The van der Waals surface area contributed by atoms with E-state index >= 15 is 0 Å². The lowest BCUT2D eigenvalue weighted by molar-refractivity contribution is 0.0723. The van der Waals surface area contributed by atoms with Crippen molar-refractivity contribution in [2.24, 2.45) is 0 Å². The number of hydrogen-bond donors (Lipinski definition) is 0. The SMILES string of the molecule is CCCCCCCCCCCCOc1cc(C(=O)Oc2ccc3c(c2)C(=O)c2ccc(OC(=O)c4cc(OCCCCCCCCCCCC)c(OCCCCCCCCCCCC)c(OCCCCCCCCCCCC)c4)cc2C3=O)cc(OCCCCCCCCCCCC)c1OCCCCCCCCCCCC. The second kappa shape index (κ2) is 65.1. The summed E-state index contributed by atoms with van der Waals surface area (Å²) in [5.41, 5.74) is 0.958. The van der Waals surface area contributed by atoms with Gasteiger partial charge in [-0.1, -0.05) is 388 Å². The van der Waals surface area contributed by atoms with Crippen molar-refractivity contribution in [2.45, 2.75) is 427 Å². The average Bonchev–Trinajstić information content (AvgIpc) is 0.754. The molecule has 0 radical (unpaired) electrons. The van der Waals surface area contributed by atoms with Gasteiger partial charge in [0.1, 0.15) is 11.5 Å². The second-order valence-electron chi connectivity index (χ2n) is 32.6. The molecule has 0 atom stereocenters. The molecule has 12 heteroatoms. The Hall–Kier alpha value is -6.04. The lowest BCUT2D eigenvalue weighted by Gasteiger charge is -2.20. The highest BCUT2D eigenvalue weighted by molar-refractivity contribution is 6.28. The third-order valence-corrected chi connectivity index (χ3v) is 22.4. The second-order valence-corrected chi connectivity index (χ2v) is 32.6. The number of esters is 2.